The van der Waals surface area contributed by atoms with E-state index in [0.717, 1.165) is 5.56 Å². The van der Waals surface area contributed by atoms with Gasteiger partial charge in [-0.3, -0.25) is 9.89 Å². The molecule has 1 aliphatic heterocycles. The van der Waals surface area contributed by atoms with Crippen LogP contribution in [0.2, 0.25) is 0 Å². The molecular formula is C16H22N4O4. The highest BCUT2D eigenvalue weighted by atomic mass is 16.6. The van der Waals surface area contributed by atoms with Crippen LogP contribution in [-0.4, -0.2) is 47.2 Å². The topological polar surface area (TPSA) is 131 Å². The van der Waals surface area contributed by atoms with Gasteiger partial charge < -0.3 is 21.3 Å². The lowest BCUT2D eigenvalue weighted by atomic mass is 10.0. The molecule has 0 aromatic heterocycles. The lowest BCUT2D eigenvalue weighted by molar-refractivity contribution is -0.141. The second-order valence-corrected chi connectivity index (χ2v) is 5.74. The Labute approximate surface area is 140 Å². The van der Waals surface area contributed by atoms with E-state index in [-0.39, 0.29) is 18.5 Å². The van der Waals surface area contributed by atoms with E-state index in [4.69, 9.17) is 16.2 Å². The number of ether oxygens (including phenoxy) is 1. The van der Waals surface area contributed by atoms with E-state index in [1.807, 2.05) is 30.3 Å². The Balaban J connectivity index is 1.92. The average molecular weight is 334 g/mol. The van der Waals surface area contributed by atoms with Gasteiger partial charge in [0.1, 0.15) is 12.6 Å². The number of carboxylic acid groups (broad SMARTS) is 1. The fraction of sp³-hybridized carbons (Fsp3) is 0.438. The smallest absolute Gasteiger partial charge is 0.410 e. The summed E-state index contributed by atoms with van der Waals surface area (Å²) in [7, 11) is 0. The molecule has 24 heavy (non-hydrogen) atoms. The minimum Gasteiger partial charge on any atom is -0.480 e. The molecule has 1 aromatic carbocycles. The summed E-state index contributed by atoms with van der Waals surface area (Å²) in [4.78, 5) is 28.8. The minimum absolute atomic E-state index is 0.00177. The van der Waals surface area contributed by atoms with Gasteiger partial charge in [0.05, 0.1) is 0 Å². The van der Waals surface area contributed by atoms with Crippen LogP contribution in [0.5, 0.6) is 0 Å². The van der Waals surface area contributed by atoms with Crippen molar-refractivity contribution in [3.05, 3.63) is 35.9 Å². The van der Waals surface area contributed by atoms with Gasteiger partial charge in [-0.2, -0.15) is 0 Å². The number of guanidine groups is 1. The highest BCUT2D eigenvalue weighted by Gasteiger charge is 2.40. The van der Waals surface area contributed by atoms with Crippen LogP contribution in [0.1, 0.15) is 18.4 Å². The Kier molecular flexibility index (Phi) is 6.00. The summed E-state index contributed by atoms with van der Waals surface area (Å²) >= 11 is 0. The predicted molar refractivity (Wildman–Crippen MR) is 88.2 cm³/mol. The van der Waals surface area contributed by atoms with Gasteiger partial charge in [-0.25, -0.2) is 9.59 Å². The van der Waals surface area contributed by atoms with Gasteiger partial charge in [-0.15, -0.1) is 0 Å². The van der Waals surface area contributed by atoms with Crippen LogP contribution in [0.3, 0.4) is 0 Å². The fourth-order valence-electron chi connectivity index (χ4n) is 2.75. The number of nitrogens with two attached hydrogens (primary N) is 2. The minimum atomic E-state index is -1.03. The van der Waals surface area contributed by atoms with Crippen LogP contribution in [0.4, 0.5) is 4.79 Å². The summed E-state index contributed by atoms with van der Waals surface area (Å²) in [6.45, 7) is 0.845. The molecule has 2 atom stereocenters. The molecule has 1 amide bonds. The lowest BCUT2D eigenvalue weighted by Gasteiger charge is -2.20. The molecule has 2 rings (SSSR count). The van der Waals surface area contributed by atoms with Gasteiger partial charge in [-0.1, -0.05) is 30.3 Å². The molecule has 0 spiro atoms. The third-order valence-electron chi connectivity index (χ3n) is 3.94. The molecule has 5 N–H and O–H groups in total. The summed E-state index contributed by atoms with van der Waals surface area (Å²) in [6, 6.07) is 8.36. The number of nitrogens with zero attached hydrogens (tertiary/aromatic N) is 2. The molecular weight excluding hydrogens is 312 g/mol. The van der Waals surface area contributed by atoms with Crippen LogP contribution >= 0.6 is 0 Å². The van der Waals surface area contributed by atoms with E-state index in [1.165, 1.54) is 4.90 Å². The van der Waals surface area contributed by atoms with Crippen LogP contribution in [0.25, 0.3) is 0 Å². The van der Waals surface area contributed by atoms with Crippen LogP contribution < -0.4 is 11.5 Å². The number of carbonyl (C=O) groups is 2. The summed E-state index contributed by atoms with van der Waals surface area (Å²) in [5.41, 5.74) is 11.4. The molecule has 130 valence electrons. The third-order valence-corrected chi connectivity index (χ3v) is 3.94. The summed E-state index contributed by atoms with van der Waals surface area (Å²) in [5.74, 6) is -1.00. The molecule has 0 radical (unpaired) electrons. The van der Waals surface area contributed by atoms with E-state index in [1.54, 1.807) is 0 Å². The van der Waals surface area contributed by atoms with Gasteiger partial charge in [0.25, 0.3) is 0 Å². The molecule has 1 fully saturated rings. The number of carboxylic acids is 1. The van der Waals surface area contributed by atoms with Crippen molar-refractivity contribution < 1.29 is 19.4 Å². The monoisotopic (exact) mass is 334 g/mol. The highest BCUT2D eigenvalue weighted by molar-refractivity contribution is 5.80. The number of aliphatic carboxylic acids is 1. The first kappa shape index (κ1) is 17.6. The Morgan fingerprint density at radius 3 is 2.62 bits per heavy atom. The lowest BCUT2D eigenvalue weighted by Crippen LogP contribution is -2.40. The van der Waals surface area contributed by atoms with Crippen molar-refractivity contribution >= 4 is 18.0 Å². The predicted octanol–water partition coefficient (Wildman–Crippen LogP) is 0.762. The number of hydrogen-bond acceptors (Lipinski definition) is 4. The summed E-state index contributed by atoms with van der Waals surface area (Å²) in [6.07, 6.45) is 0.371. The van der Waals surface area contributed by atoms with Crippen molar-refractivity contribution in [2.75, 3.05) is 13.1 Å². The van der Waals surface area contributed by atoms with Crippen molar-refractivity contribution in [2.45, 2.75) is 25.5 Å². The second-order valence-electron chi connectivity index (χ2n) is 5.74. The quantitative estimate of drug-likeness (QED) is 0.520. The Bertz CT molecular complexity index is 601. The number of amides is 1. The van der Waals surface area contributed by atoms with E-state index in [2.05, 4.69) is 4.99 Å². The number of likely N-dealkylation sites (tertiary alicyclic amines) is 1. The summed E-state index contributed by atoms with van der Waals surface area (Å²) < 4.78 is 5.24. The highest BCUT2D eigenvalue weighted by Crippen LogP contribution is 2.27. The fourth-order valence-corrected chi connectivity index (χ4v) is 2.75. The zero-order valence-corrected chi connectivity index (χ0v) is 13.3. The molecule has 0 unspecified atom stereocenters. The average Bonchev–Trinajstić information content (AvgIpc) is 2.98. The Morgan fingerprint density at radius 2 is 2.00 bits per heavy atom. The van der Waals surface area contributed by atoms with E-state index in [0.29, 0.717) is 25.9 Å². The Hall–Kier alpha value is -2.77. The van der Waals surface area contributed by atoms with Gasteiger partial charge in [0, 0.05) is 13.1 Å². The summed E-state index contributed by atoms with van der Waals surface area (Å²) in [5, 5.41) is 9.33. The number of benzene rings is 1. The van der Waals surface area contributed by atoms with Crippen molar-refractivity contribution in [3.63, 3.8) is 0 Å². The standard InChI is InChI=1S/C16H22N4O4/c17-15(18)19-7-6-12-8-13(14(21)22)20(9-12)16(23)24-10-11-4-2-1-3-5-11/h1-5,12-13H,6-10H2,(H,21,22)(H4,17,18,19)/t12-,13+/m1/s1. The molecule has 0 saturated carbocycles. The van der Waals surface area contributed by atoms with E-state index >= 15 is 0 Å². The van der Waals surface area contributed by atoms with Gasteiger partial charge in [0.15, 0.2) is 5.96 Å². The number of rotatable bonds is 6. The third kappa shape index (κ3) is 4.87. The maximum Gasteiger partial charge on any atom is 0.410 e. The molecule has 1 heterocycles. The van der Waals surface area contributed by atoms with Crippen molar-refractivity contribution in [2.24, 2.45) is 22.4 Å². The zero-order chi connectivity index (χ0) is 17.5. The van der Waals surface area contributed by atoms with Crippen LogP contribution in [-0.2, 0) is 16.1 Å². The zero-order valence-electron chi connectivity index (χ0n) is 13.3. The molecule has 1 aliphatic rings. The van der Waals surface area contributed by atoms with Crippen molar-refractivity contribution in [1.82, 2.24) is 4.90 Å². The molecule has 1 aromatic rings. The first-order valence-electron chi connectivity index (χ1n) is 7.73. The largest absolute Gasteiger partial charge is 0.480 e. The van der Waals surface area contributed by atoms with Crippen molar-refractivity contribution in [3.8, 4) is 0 Å². The van der Waals surface area contributed by atoms with E-state index in [9.17, 15) is 14.7 Å². The van der Waals surface area contributed by atoms with Crippen molar-refractivity contribution in [1.29, 1.82) is 0 Å². The maximum absolute atomic E-state index is 12.2. The van der Waals surface area contributed by atoms with E-state index < -0.39 is 18.1 Å². The van der Waals surface area contributed by atoms with Gasteiger partial charge in [-0.05, 0) is 24.3 Å². The van der Waals surface area contributed by atoms with Crippen LogP contribution in [0.15, 0.2) is 35.3 Å². The normalized spacial score (nSPS) is 19.8. The SMILES string of the molecule is NC(N)=NCC[C@@H]1C[C@@H](C(=O)O)N(C(=O)OCc2ccccc2)C1. The maximum atomic E-state index is 12.2. The number of carbonyl (C=O) groups excluding carboxylic acids is 1. The number of hydrogen-bond donors (Lipinski definition) is 3. The molecule has 0 bridgehead atoms. The molecule has 8 nitrogen and oxygen atoms in total. The van der Waals surface area contributed by atoms with Gasteiger partial charge in [0.2, 0.25) is 0 Å². The molecule has 1 saturated heterocycles. The number of aliphatic imine (C=N–C) groups is 1. The molecule has 8 heteroatoms. The Morgan fingerprint density at radius 1 is 1.29 bits per heavy atom. The first-order chi connectivity index (χ1) is 11.5. The first-order valence-corrected chi connectivity index (χ1v) is 7.73. The van der Waals surface area contributed by atoms with Crippen LogP contribution in [0, 0.1) is 5.92 Å². The second kappa shape index (κ2) is 8.19. The molecule has 0 aliphatic carbocycles. The van der Waals surface area contributed by atoms with Gasteiger partial charge >= 0.3 is 12.1 Å².